The molecule has 3 heteroatoms. The van der Waals surface area contributed by atoms with Crippen molar-refractivity contribution >= 4 is 17.3 Å². The van der Waals surface area contributed by atoms with Crippen LogP contribution in [0.2, 0.25) is 0 Å². The summed E-state index contributed by atoms with van der Waals surface area (Å²) in [5.41, 5.74) is 7.17. The van der Waals surface area contributed by atoms with Crippen LogP contribution in [0.15, 0.2) is 36.4 Å². The molecule has 1 aromatic rings. The summed E-state index contributed by atoms with van der Waals surface area (Å²) in [6.45, 7) is 2.27. The summed E-state index contributed by atoms with van der Waals surface area (Å²) in [5, 5.41) is 2.89. The first-order valence-corrected chi connectivity index (χ1v) is 11.0. The van der Waals surface area contributed by atoms with Gasteiger partial charge >= 0.3 is 0 Å². The molecule has 0 aliphatic heterocycles. The lowest BCUT2D eigenvalue weighted by Gasteiger charge is -2.07. The zero-order chi connectivity index (χ0) is 19.6. The molecule has 1 amide bonds. The number of carbonyl (C=O) groups is 1. The van der Waals surface area contributed by atoms with Crippen molar-refractivity contribution in [3.63, 3.8) is 0 Å². The first kappa shape index (κ1) is 23.3. The van der Waals surface area contributed by atoms with Gasteiger partial charge in [-0.1, -0.05) is 82.6 Å². The van der Waals surface area contributed by atoms with E-state index in [9.17, 15) is 4.79 Å². The van der Waals surface area contributed by atoms with Crippen LogP contribution in [-0.4, -0.2) is 5.91 Å². The molecular formula is C24H40N2O. The van der Waals surface area contributed by atoms with E-state index in [4.69, 9.17) is 5.73 Å². The summed E-state index contributed by atoms with van der Waals surface area (Å²) in [6, 6.07) is 7.40. The number of rotatable bonds is 16. The SMILES string of the molecule is CCCCCCCCC=CCCCCCCCC(=O)Nc1ccccc1N. The molecule has 0 fully saturated rings. The summed E-state index contributed by atoms with van der Waals surface area (Å²) in [7, 11) is 0. The van der Waals surface area contributed by atoms with Crippen molar-refractivity contribution in [3.8, 4) is 0 Å². The molecule has 0 aliphatic rings. The Bertz CT molecular complexity index is 525. The Balaban J connectivity index is 1.88. The summed E-state index contributed by atoms with van der Waals surface area (Å²) in [4.78, 5) is 11.9. The summed E-state index contributed by atoms with van der Waals surface area (Å²) in [6.07, 6.45) is 21.8. The van der Waals surface area contributed by atoms with Gasteiger partial charge in [-0.3, -0.25) is 4.79 Å². The smallest absolute Gasteiger partial charge is 0.224 e. The van der Waals surface area contributed by atoms with Crippen molar-refractivity contribution in [2.24, 2.45) is 0 Å². The molecule has 0 aromatic heterocycles. The topological polar surface area (TPSA) is 55.1 Å². The first-order valence-electron chi connectivity index (χ1n) is 11.0. The number of para-hydroxylation sites is 2. The Hall–Kier alpha value is -1.77. The standard InChI is InChI=1S/C24H40N2O/c1-2-3-4-5-6-7-8-9-10-11-12-13-14-15-16-21-24(27)26-23-20-18-17-19-22(23)25/h9-10,17-20H,2-8,11-16,21,25H2,1H3,(H,26,27). The van der Waals surface area contributed by atoms with Crippen molar-refractivity contribution in [1.29, 1.82) is 0 Å². The number of unbranched alkanes of at least 4 members (excludes halogenated alkanes) is 11. The molecule has 152 valence electrons. The van der Waals surface area contributed by atoms with Crippen LogP contribution in [-0.2, 0) is 4.79 Å². The van der Waals surface area contributed by atoms with Crippen LogP contribution in [0.25, 0.3) is 0 Å². The maximum Gasteiger partial charge on any atom is 0.224 e. The zero-order valence-electron chi connectivity index (χ0n) is 17.3. The van der Waals surface area contributed by atoms with Crippen molar-refractivity contribution in [2.45, 2.75) is 96.8 Å². The minimum atomic E-state index is 0.0607. The Kier molecular flexibility index (Phi) is 14.1. The average Bonchev–Trinajstić information content (AvgIpc) is 2.66. The number of allylic oxidation sites excluding steroid dienone is 2. The van der Waals surface area contributed by atoms with Gasteiger partial charge in [-0.25, -0.2) is 0 Å². The second-order valence-electron chi connectivity index (χ2n) is 7.47. The second kappa shape index (κ2) is 16.4. The van der Waals surface area contributed by atoms with Gasteiger partial charge in [0.1, 0.15) is 0 Å². The van der Waals surface area contributed by atoms with Gasteiger partial charge in [0, 0.05) is 6.42 Å². The predicted molar refractivity (Wildman–Crippen MR) is 119 cm³/mol. The second-order valence-corrected chi connectivity index (χ2v) is 7.47. The number of nitrogens with one attached hydrogen (secondary N) is 1. The van der Waals surface area contributed by atoms with Crippen LogP contribution in [0.4, 0.5) is 11.4 Å². The van der Waals surface area contributed by atoms with Gasteiger partial charge in [0.05, 0.1) is 11.4 Å². The van der Waals surface area contributed by atoms with Gasteiger partial charge in [0.2, 0.25) is 5.91 Å². The predicted octanol–water partition coefficient (Wildman–Crippen LogP) is 7.24. The van der Waals surface area contributed by atoms with Gasteiger partial charge in [-0.15, -0.1) is 0 Å². The highest BCUT2D eigenvalue weighted by molar-refractivity contribution is 5.93. The average molecular weight is 373 g/mol. The molecule has 1 rings (SSSR count). The van der Waals surface area contributed by atoms with Crippen molar-refractivity contribution < 1.29 is 4.79 Å². The lowest BCUT2D eigenvalue weighted by molar-refractivity contribution is -0.116. The number of hydrogen-bond donors (Lipinski definition) is 2. The number of nitrogens with two attached hydrogens (primary N) is 1. The fourth-order valence-electron chi connectivity index (χ4n) is 3.18. The molecule has 0 aliphatic carbocycles. The zero-order valence-corrected chi connectivity index (χ0v) is 17.3. The summed E-state index contributed by atoms with van der Waals surface area (Å²) >= 11 is 0. The minimum Gasteiger partial charge on any atom is -0.397 e. The van der Waals surface area contributed by atoms with Gasteiger partial charge in [0.25, 0.3) is 0 Å². The minimum absolute atomic E-state index is 0.0607. The van der Waals surface area contributed by atoms with Crippen molar-refractivity contribution in [1.82, 2.24) is 0 Å². The number of benzene rings is 1. The van der Waals surface area contributed by atoms with E-state index in [1.54, 1.807) is 6.07 Å². The Morgan fingerprint density at radius 1 is 0.852 bits per heavy atom. The summed E-state index contributed by atoms with van der Waals surface area (Å²) in [5.74, 6) is 0.0607. The molecule has 0 atom stereocenters. The third-order valence-electron chi connectivity index (χ3n) is 4.90. The quantitative estimate of drug-likeness (QED) is 0.182. The molecule has 0 radical (unpaired) electrons. The molecule has 3 nitrogen and oxygen atoms in total. The van der Waals surface area contributed by atoms with E-state index in [1.807, 2.05) is 18.2 Å². The highest BCUT2D eigenvalue weighted by Gasteiger charge is 2.04. The van der Waals surface area contributed by atoms with E-state index in [0.29, 0.717) is 12.1 Å². The molecule has 27 heavy (non-hydrogen) atoms. The Morgan fingerprint density at radius 3 is 2.04 bits per heavy atom. The van der Waals surface area contributed by atoms with E-state index < -0.39 is 0 Å². The molecule has 0 spiro atoms. The van der Waals surface area contributed by atoms with Crippen molar-refractivity contribution in [2.75, 3.05) is 11.1 Å². The Morgan fingerprint density at radius 2 is 1.41 bits per heavy atom. The maximum absolute atomic E-state index is 11.9. The molecule has 3 N–H and O–H groups in total. The highest BCUT2D eigenvalue weighted by Crippen LogP contribution is 2.17. The van der Waals surface area contributed by atoms with Gasteiger partial charge < -0.3 is 11.1 Å². The monoisotopic (exact) mass is 372 g/mol. The Labute approximate surface area is 166 Å². The number of anilines is 2. The van der Waals surface area contributed by atoms with Crippen LogP contribution in [0.1, 0.15) is 96.8 Å². The number of carbonyl (C=O) groups excluding carboxylic acids is 1. The lowest BCUT2D eigenvalue weighted by atomic mass is 10.1. The van der Waals surface area contributed by atoms with E-state index in [2.05, 4.69) is 24.4 Å². The van der Waals surface area contributed by atoms with Crippen LogP contribution in [0.5, 0.6) is 0 Å². The van der Waals surface area contributed by atoms with Crippen LogP contribution >= 0.6 is 0 Å². The summed E-state index contributed by atoms with van der Waals surface area (Å²) < 4.78 is 0. The molecule has 0 saturated heterocycles. The molecule has 0 bridgehead atoms. The van der Waals surface area contributed by atoms with E-state index in [0.717, 1.165) is 18.5 Å². The number of nitrogen functional groups attached to an aromatic ring is 1. The van der Waals surface area contributed by atoms with E-state index in [1.165, 1.54) is 70.6 Å². The highest BCUT2D eigenvalue weighted by atomic mass is 16.1. The fraction of sp³-hybridized carbons (Fsp3) is 0.625. The third-order valence-corrected chi connectivity index (χ3v) is 4.90. The lowest BCUT2D eigenvalue weighted by Crippen LogP contribution is -2.12. The molecule has 0 heterocycles. The number of amides is 1. The first-order chi connectivity index (χ1) is 13.2. The largest absolute Gasteiger partial charge is 0.397 e. The van der Waals surface area contributed by atoms with Gasteiger partial charge in [-0.05, 0) is 44.2 Å². The number of hydrogen-bond acceptors (Lipinski definition) is 2. The van der Waals surface area contributed by atoms with Gasteiger partial charge in [-0.2, -0.15) is 0 Å². The molecular weight excluding hydrogens is 332 g/mol. The maximum atomic E-state index is 11.9. The normalized spacial score (nSPS) is 11.1. The van der Waals surface area contributed by atoms with E-state index >= 15 is 0 Å². The van der Waals surface area contributed by atoms with E-state index in [-0.39, 0.29) is 5.91 Å². The van der Waals surface area contributed by atoms with Crippen molar-refractivity contribution in [3.05, 3.63) is 36.4 Å². The molecule has 0 unspecified atom stereocenters. The fourth-order valence-corrected chi connectivity index (χ4v) is 3.18. The molecule has 1 aromatic carbocycles. The van der Waals surface area contributed by atoms with Crippen LogP contribution in [0.3, 0.4) is 0 Å². The van der Waals surface area contributed by atoms with Gasteiger partial charge in [0.15, 0.2) is 0 Å². The molecule has 0 saturated carbocycles. The third kappa shape index (κ3) is 13.1. The van der Waals surface area contributed by atoms with Crippen LogP contribution in [0, 0.1) is 0 Å². The van der Waals surface area contributed by atoms with Crippen LogP contribution < -0.4 is 11.1 Å².